The Labute approximate surface area is 154 Å². The average molecular weight is 362 g/mol. The van der Waals surface area contributed by atoms with Gasteiger partial charge in [-0.05, 0) is 67.8 Å². The molecule has 0 amide bonds. The van der Waals surface area contributed by atoms with Gasteiger partial charge in [0.15, 0.2) is 11.6 Å². The summed E-state index contributed by atoms with van der Waals surface area (Å²) in [7, 11) is 0. The zero-order valence-electron chi connectivity index (χ0n) is 15.5. The Morgan fingerprint density at radius 3 is 2.69 bits per heavy atom. The van der Waals surface area contributed by atoms with Crippen LogP contribution in [-0.4, -0.2) is 46.2 Å². The number of carbonyl (C=O) groups is 2. The number of hydrogen-bond acceptors (Lipinski definition) is 5. The highest BCUT2D eigenvalue weighted by Gasteiger charge is 2.64. The summed E-state index contributed by atoms with van der Waals surface area (Å²) in [6, 6.07) is 0. The van der Waals surface area contributed by atoms with Gasteiger partial charge in [0.1, 0.15) is 6.61 Å². The zero-order chi connectivity index (χ0) is 18.7. The largest absolute Gasteiger partial charge is 0.396 e. The molecule has 3 N–H and O–H groups in total. The van der Waals surface area contributed by atoms with Gasteiger partial charge >= 0.3 is 0 Å². The highest BCUT2D eigenvalue weighted by molar-refractivity contribution is 5.91. The minimum Gasteiger partial charge on any atom is -0.396 e. The molecular weight excluding hydrogens is 332 g/mol. The molecule has 0 radical (unpaired) electrons. The normalized spacial score (nSPS) is 47.6. The second-order valence-electron chi connectivity index (χ2n) is 9.31. The molecule has 4 aliphatic rings. The average Bonchev–Trinajstić information content (AvgIpc) is 3.00. The Kier molecular flexibility index (Phi) is 4.41. The van der Waals surface area contributed by atoms with E-state index in [0.29, 0.717) is 19.3 Å². The first-order valence-electron chi connectivity index (χ1n) is 10.0. The van der Waals surface area contributed by atoms with Crippen molar-refractivity contribution in [1.82, 2.24) is 0 Å². The third kappa shape index (κ3) is 2.33. The number of ketones is 2. The van der Waals surface area contributed by atoms with Crippen molar-refractivity contribution in [2.24, 2.45) is 34.5 Å². The molecule has 0 aliphatic heterocycles. The lowest BCUT2D eigenvalue weighted by atomic mass is 9.45. The van der Waals surface area contributed by atoms with Crippen LogP contribution in [0, 0.1) is 34.5 Å². The molecule has 3 saturated carbocycles. The van der Waals surface area contributed by atoms with Gasteiger partial charge in [-0.3, -0.25) is 9.59 Å². The van der Waals surface area contributed by atoms with Crippen molar-refractivity contribution in [2.75, 3.05) is 13.2 Å². The Balaban J connectivity index is 1.72. The van der Waals surface area contributed by atoms with Crippen molar-refractivity contribution >= 4 is 11.6 Å². The third-order valence-corrected chi connectivity index (χ3v) is 8.46. The maximum atomic E-state index is 12.3. The van der Waals surface area contributed by atoms with E-state index in [1.54, 1.807) is 0 Å². The predicted octanol–water partition coefficient (Wildman–Crippen LogP) is 1.64. The Morgan fingerprint density at radius 2 is 2.00 bits per heavy atom. The predicted molar refractivity (Wildman–Crippen MR) is 95.1 cm³/mol. The number of hydrogen-bond donors (Lipinski definition) is 3. The van der Waals surface area contributed by atoms with Crippen molar-refractivity contribution in [1.29, 1.82) is 0 Å². The van der Waals surface area contributed by atoms with Crippen LogP contribution in [0.15, 0.2) is 11.6 Å². The first-order valence-corrected chi connectivity index (χ1v) is 10.0. The minimum atomic E-state index is -0.595. The molecule has 5 heteroatoms. The van der Waals surface area contributed by atoms with E-state index in [0.717, 1.165) is 25.7 Å². The molecule has 0 aromatic heterocycles. The van der Waals surface area contributed by atoms with E-state index in [1.807, 2.05) is 6.08 Å². The summed E-state index contributed by atoms with van der Waals surface area (Å²) in [6.45, 7) is 1.60. The van der Waals surface area contributed by atoms with Gasteiger partial charge in [0.05, 0.1) is 6.10 Å². The first kappa shape index (κ1) is 18.3. The van der Waals surface area contributed by atoms with Crippen molar-refractivity contribution in [3.63, 3.8) is 0 Å². The van der Waals surface area contributed by atoms with Gasteiger partial charge in [-0.1, -0.05) is 12.5 Å². The Hall–Kier alpha value is -1.04. The lowest BCUT2D eigenvalue weighted by Gasteiger charge is -2.60. The summed E-state index contributed by atoms with van der Waals surface area (Å²) in [5.41, 5.74) is 0.436. The summed E-state index contributed by atoms with van der Waals surface area (Å²) < 4.78 is 0. The van der Waals surface area contributed by atoms with E-state index >= 15 is 0 Å². The summed E-state index contributed by atoms with van der Waals surface area (Å²) >= 11 is 0. The number of carbonyl (C=O) groups excluding carboxylic acids is 2. The molecule has 0 heterocycles. The highest BCUT2D eigenvalue weighted by atomic mass is 16.3. The summed E-state index contributed by atoms with van der Waals surface area (Å²) in [6.07, 6.45) is 6.31. The molecule has 0 aromatic carbocycles. The molecule has 0 saturated heterocycles. The second-order valence-corrected chi connectivity index (χ2v) is 9.31. The molecule has 26 heavy (non-hydrogen) atoms. The van der Waals surface area contributed by atoms with Crippen molar-refractivity contribution < 1.29 is 24.9 Å². The Morgan fingerprint density at radius 1 is 1.23 bits per heavy atom. The minimum absolute atomic E-state index is 0.0863. The molecule has 7 atom stereocenters. The number of allylic oxidation sites excluding steroid dienone is 1. The quantitative estimate of drug-likeness (QED) is 0.709. The molecule has 4 aliphatic carbocycles. The fraction of sp³-hybridized carbons (Fsp3) is 0.810. The SMILES string of the molecule is C[C@]12CCC(=O)C=C1CCC1C3CC[C@H](C(=O)CO)[C@@]3(CO)CC(O)C12. The molecule has 0 aromatic rings. The van der Waals surface area contributed by atoms with E-state index in [-0.39, 0.29) is 47.3 Å². The van der Waals surface area contributed by atoms with Crippen LogP contribution in [0.3, 0.4) is 0 Å². The third-order valence-electron chi connectivity index (χ3n) is 8.46. The monoisotopic (exact) mass is 362 g/mol. The summed E-state index contributed by atoms with van der Waals surface area (Å²) in [5.74, 6) is 0.202. The fourth-order valence-electron chi connectivity index (χ4n) is 7.36. The van der Waals surface area contributed by atoms with Gasteiger partial charge in [0, 0.05) is 24.4 Å². The van der Waals surface area contributed by atoms with Crippen LogP contribution in [0.2, 0.25) is 0 Å². The molecule has 144 valence electrons. The standard InChI is InChI=1S/C21H30O5/c1-20-7-6-13(24)8-12(20)2-3-14-15-4-5-16(18(26)10-22)21(15,11-23)9-17(25)19(14)20/h8,14-17,19,22-23,25H,2-7,9-11H2,1H3/t14?,15?,16-,17?,19?,20+,21-/m1/s1. The van der Waals surface area contributed by atoms with Crippen LogP contribution in [-0.2, 0) is 9.59 Å². The highest BCUT2D eigenvalue weighted by Crippen LogP contribution is 2.66. The number of aliphatic hydroxyl groups excluding tert-OH is 3. The van der Waals surface area contributed by atoms with E-state index in [1.165, 1.54) is 5.57 Å². The van der Waals surface area contributed by atoms with E-state index in [4.69, 9.17) is 0 Å². The van der Waals surface area contributed by atoms with E-state index in [2.05, 4.69) is 6.92 Å². The van der Waals surface area contributed by atoms with Crippen LogP contribution in [0.5, 0.6) is 0 Å². The van der Waals surface area contributed by atoms with Crippen molar-refractivity contribution in [2.45, 2.75) is 58.0 Å². The van der Waals surface area contributed by atoms with Gasteiger partial charge in [-0.15, -0.1) is 0 Å². The maximum Gasteiger partial charge on any atom is 0.161 e. The summed E-state index contributed by atoms with van der Waals surface area (Å²) in [4.78, 5) is 24.2. The molecule has 0 spiro atoms. The van der Waals surface area contributed by atoms with Gasteiger partial charge in [0.2, 0.25) is 0 Å². The maximum absolute atomic E-state index is 12.3. The van der Waals surface area contributed by atoms with Crippen molar-refractivity contribution in [3.8, 4) is 0 Å². The number of aliphatic hydroxyl groups is 3. The van der Waals surface area contributed by atoms with E-state index < -0.39 is 18.1 Å². The van der Waals surface area contributed by atoms with Gasteiger partial charge < -0.3 is 15.3 Å². The molecular formula is C21H30O5. The number of fused-ring (bicyclic) bond motifs is 5. The zero-order valence-corrected chi connectivity index (χ0v) is 15.5. The van der Waals surface area contributed by atoms with Gasteiger partial charge in [0.25, 0.3) is 0 Å². The number of rotatable bonds is 3. The lowest BCUT2D eigenvalue weighted by molar-refractivity contribution is -0.158. The smallest absolute Gasteiger partial charge is 0.161 e. The number of Topliss-reactive ketones (excluding diaryl/α,β-unsaturated/α-hetero) is 1. The van der Waals surface area contributed by atoms with Crippen LogP contribution >= 0.6 is 0 Å². The van der Waals surface area contributed by atoms with Gasteiger partial charge in [-0.25, -0.2) is 0 Å². The molecule has 0 bridgehead atoms. The second kappa shape index (κ2) is 6.25. The molecule has 5 nitrogen and oxygen atoms in total. The molecule has 4 rings (SSSR count). The molecule has 4 unspecified atom stereocenters. The van der Waals surface area contributed by atoms with E-state index in [9.17, 15) is 24.9 Å². The first-order chi connectivity index (χ1) is 12.4. The van der Waals surface area contributed by atoms with Crippen LogP contribution < -0.4 is 0 Å². The molecule has 3 fully saturated rings. The van der Waals surface area contributed by atoms with Crippen molar-refractivity contribution in [3.05, 3.63) is 11.6 Å². The Bertz CT molecular complexity index is 655. The van der Waals surface area contributed by atoms with Gasteiger partial charge in [-0.2, -0.15) is 0 Å². The topological polar surface area (TPSA) is 94.8 Å². The lowest BCUT2D eigenvalue weighted by Crippen LogP contribution is -2.59. The fourth-order valence-corrected chi connectivity index (χ4v) is 7.36. The van der Waals surface area contributed by atoms with Crippen LogP contribution in [0.1, 0.15) is 51.9 Å². The van der Waals surface area contributed by atoms with Crippen LogP contribution in [0.4, 0.5) is 0 Å². The summed E-state index contributed by atoms with van der Waals surface area (Å²) in [5, 5.41) is 30.9. The van der Waals surface area contributed by atoms with Crippen LogP contribution in [0.25, 0.3) is 0 Å².